The van der Waals surface area contributed by atoms with Gasteiger partial charge in [0.2, 0.25) is 0 Å². The lowest BCUT2D eigenvalue weighted by Gasteiger charge is -2.26. The number of hydrogen-bond donors (Lipinski definition) is 0. The first-order chi connectivity index (χ1) is 13.8. The molecular weight excluding hydrogens is 392 g/mol. The van der Waals surface area contributed by atoms with Crippen molar-refractivity contribution in [3.63, 3.8) is 0 Å². The highest BCUT2D eigenvalue weighted by atomic mass is 28.4. The van der Waals surface area contributed by atoms with Crippen molar-refractivity contribution in [2.45, 2.75) is 33.2 Å². The van der Waals surface area contributed by atoms with Crippen LogP contribution in [0.5, 0.6) is 5.75 Å². The Morgan fingerprint density at radius 2 is 1.21 bits per heavy atom. The highest BCUT2D eigenvalue weighted by Crippen LogP contribution is 2.23. The van der Waals surface area contributed by atoms with Crippen LogP contribution in [0.3, 0.4) is 0 Å². The summed E-state index contributed by atoms with van der Waals surface area (Å²) in [6.07, 6.45) is 0.362. The normalized spacial score (nSPS) is 10.7. The summed E-state index contributed by atoms with van der Waals surface area (Å²) in [4.78, 5) is 34.3. The van der Waals surface area contributed by atoms with E-state index in [0.717, 1.165) is 11.1 Å². The molecule has 0 aliphatic rings. The summed E-state index contributed by atoms with van der Waals surface area (Å²) in [5.41, 5.74) is 2.18. The van der Waals surface area contributed by atoms with E-state index in [9.17, 15) is 14.4 Å². The Labute approximate surface area is 170 Å². The largest absolute Gasteiger partial charge is 0.705 e. The van der Waals surface area contributed by atoms with Crippen molar-refractivity contribution in [1.82, 2.24) is 0 Å². The van der Waals surface area contributed by atoms with Gasteiger partial charge in [-0.3, -0.25) is 14.4 Å². The number of rotatable bonds is 9. The number of carbonyl (C=O) groups is 3. The molecule has 0 saturated carbocycles. The molecule has 0 heterocycles. The molecule has 0 unspecified atom stereocenters. The SMILES string of the molecule is CC(=O)O[Si](CCCOc1ccc(-c2ccccc2)cc1)(OC(C)=O)OC(C)=O. The first-order valence-corrected chi connectivity index (χ1v) is 11.1. The van der Waals surface area contributed by atoms with Crippen molar-refractivity contribution in [1.29, 1.82) is 0 Å². The molecule has 0 aliphatic carbocycles. The zero-order valence-electron chi connectivity index (χ0n) is 16.7. The van der Waals surface area contributed by atoms with Crippen LogP contribution in [0, 0.1) is 0 Å². The summed E-state index contributed by atoms with van der Waals surface area (Å²) in [5.74, 6) is -1.38. The Bertz CT molecular complexity index is 793. The van der Waals surface area contributed by atoms with Gasteiger partial charge < -0.3 is 18.0 Å². The molecule has 0 saturated heterocycles. The molecule has 2 rings (SSSR count). The second kappa shape index (κ2) is 10.4. The Balaban J connectivity index is 1.95. The van der Waals surface area contributed by atoms with Crippen molar-refractivity contribution < 1.29 is 32.4 Å². The lowest BCUT2D eigenvalue weighted by atomic mass is 10.1. The zero-order chi connectivity index (χ0) is 21.3. The van der Waals surface area contributed by atoms with Gasteiger partial charge in [-0.25, -0.2) is 0 Å². The quantitative estimate of drug-likeness (QED) is 0.454. The summed E-state index contributed by atoms with van der Waals surface area (Å²) in [7, 11) is -3.80. The van der Waals surface area contributed by atoms with Gasteiger partial charge in [0.25, 0.3) is 17.9 Å². The molecule has 0 aliphatic heterocycles. The van der Waals surface area contributed by atoms with Crippen LogP contribution in [0.1, 0.15) is 27.2 Å². The molecule has 0 radical (unpaired) electrons. The van der Waals surface area contributed by atoms with Crippen LogP contribution in [0.15, 0.2) is 54.6 Å². The van der Waals surface area contributed by atoms with Gasteiger partial charge in [0.05, 0.1) is 12.7 Å². The molecule has 2 aromatic carbocycles. The fraction of sp³-hybridized carbons (Fsp3) is 0.286. The third-order valence-corrected chi connectivity index (χ3v) is 6.52. The van der Waals surface area contributed by atoms with Crippen LogP contribution in [0.2, 0.25) is 6.04 Å². The Hall–Kier alpha value is -3.13. The van der Waals surface area contributed by atoms with Crippen molar-refractivity contribution in [3.8, 4) is 16.9 Å². The zero-order valence-corrected chi connectivity index (χ0v) is 17.7. The fourth-order valence-corrected chi connectivity index (χ4v) is 5.05. The topological polar surface area (TPSA) is 88.1 Å². The van der Waals surface area contributed by atoms with Gasteiger partial charge in [0.15, 0.2) is 0 Å². The maximum atomic E-state index is 11.4. The van der Waals surface area contributed by atoms with E-state index in [-0.39, 0.29) is 12.7 Å². The highest BCUT2D eigenvalue weighted by molar-refractivity contribution is 6.65. The maximum absolute atomic E-state index is 11.4. The van der Waals surface area contributed by atoms with Crippen molar-refractivity contribution >= 4 is 26.7 Å². The highest BCUT2D eigenvalue weighted by Gasteiger charge is 2.51. The Kier molecular flexibility index (Phi) is 7.96. The molecule has 0 aromatic heterocycles. The summed E-state index contributed by atoms with van der Waals surface area (Å²) < 4.78 is 21.1. The fourth-order valence-electron chi connectivity index (χ4n) is 2.73. The van der Waals surface area contributed by atoms with Crippen molar-refractivity contribution in [3.05, 3.63) is 54.6 Å². The van der Waals surface area contributed by atoms with Crippen LogP contribution >= 0.6 is 0 Å². The first kappa shape index (κ1) is 22.2. The third-order valence-electron chi connectivity index (χ3n) is 3.76. The molecular formula is C21H24O7Si. The molecule has 154 valence electrons. The lowest BCUT2D eigenvalue weighted by Crippen LogP contribution is -2.49. The number of benzene rings is 2. The van der Waals surface area contributed by atoms with E-state index in [1.807, 2.05) is 54.6 Å². The van der Waals surface area contributed by atoms with E-state index in [1.165, 1.54) is 20.8 Å². The molecule has 0 fully saturated rings. The third kappa shape index (κ3) is 7.42. The van der Waals surface area contributed by atoms with E-state index >= 15 is 0 Å². The molecule has 8 heteroatoms. The number of carbonyl (C=O) groups excluding carboxylic acids is 3. The molecule has 7 nitrogen and oxygen atoms in total. The summed E-state index contributed by atoms with van der Waals surface area (Å²) in [6.45, 7) is 3.77. The van der Waals surface area contributed by atoms with E-state index in [2.05, 4.69) is 0 Å². The Morgan fingerprint density at radius 1 is 0.724 bits per heavy atom. The predicted molar refractivity (Wildman–Crippen MR) is 108 cm³/mol. The van der Waals surface area contributed by atoms with Gasteiger partial charge in [-0.05, 0) is 29.7 Å². The predicted octanol–water partition coefficient (Wildman–Crippen LogP) is 3.75. The van der Waals surface area contributed by atoms with Gasteiger partial charge in [-0.15, -0.1) is 0 Å². The van der Waals surface area contributed by atoms with Crippen LogP contribution in [-0.2, 0) is 27.7 Å². The van der Waals surface area contributed by atoms with Crippen LogP contribution in [-0.4, -0.2) is 33.3 Å². The summed E-state index contributed by atoms with van der Waals surface area (Å²) in [5, 5.41) is 0. The number of hydrogen-bond acceptors (Lipinski definition) is 7. The molecule has 29 heavy (non-hydrogen) atoms. The standard InChI is InChI=1S/C21H24O7Si/c1-16(22)26-29(27-17(2)23,28-18(3)24)15-7-14-25-21-12-10-20(11-13-21)19-8-5-4-6-9-19/h4-6,8-13H,7,14-15H2,1-3H3. The van der Waals surface area contributed by atoms with Gasteiger partial charge in [0.1, 0.15) is 5.75 Å². The molecule has 0 atom stereocenters. The van der Waals surface area contributed by atoms with Crippen LogP contribution < -0.4 is 4.74 Å². The van der Waals surface area contributed by atoms with E-state index in [4.69, 9.17) is 18.0 Å². The van der Waals surface area contributed by atoms with Crippen molar-refractivity contribution in [2.24, 2.45) is 0 Å². The Morgan fingerprint density at radius 3 is 1.69 bits per heavy atom. The van der Waals surface area contributed by atoms with E-state index < -0.39 is 26.7 Å². The van der Waals surface area contributed by atoms with E-state index in [1.54, 1.807) is 0 Å². The van der Waals surface area contributed by atoms with Crippen molar-refractivity contribution in [2.75, 3.05) is 6.61 Å². The second-order valence-corrected chi connectivity index (χ2v) is 8.78. The lowest BCUT2D eigenvalue weighted by molar-refractivity contribution is -0.147. The minimum Gasteiger partial charge on any atom is -0.494 e. The minimum atomic E-state index is -3.80. The van der Waals surface area contributed by atoms with Crippen LogP contribution in [0.25, 0.3) is 11.1 Å². The second-order valence-electron chi connectivity index (χ2n) is 6.31. The molecule has 2 aromatic rings. The summed E-state index contributed by atoms with van der Waals surface area (Å²) >= 11 is 0. The van der Waals surface area contributed by atoms with Gasteiger partial charge in [-0.2, -0.15) is 0 Å². The van der Waals surface area contributed by atoms with Gasteiger partial charge in [-0.1, -0.05) is 42.5 Å². The van der Waals surface area contributed by atoms with Gasteiger partial charge in [0, 0.05) is 20.8 Å². The number of ether oxygens (including phenoxy) is 1. The molecule has 0 spiro atoms. The van der Waals surface area contributed by atoms with Gasteiger partial charge >= 0.3 is 8.80 Å². The minimum absolute atomic E-state index is 0.0772. The summed E-state index contributed by atoms with van der Waals surface area (Å²) in [6, 6.07) is 17.7. The molecule has 0 N–H and O–H groups in total. The molecule has 0 amide bonds. The van der Waals surface area contributed by atoms with E-state index in [0.29, 0.717) is 12.2 Å². The average molecular weight is 417 g/mol. The first-order valence-electron chi connectivity index (χ1n) is 9.17. The molecule has 0 bridgehead atoms. The van der Waals surface area contributed by atoms with Crippen LogP contribution in [0.4, 0.5) is 0 Å². The smallest absolute Gasteiger partial charge is 0.494 e. The average Bonchev–Trinajstić information content (AvgIpc) is 2.65. The monoisotopic (exact) mass is 416 g/mol. The maximum Gasteiger partial charge on any atom is 0.705 e.